The monoisotopic (exact) mass is 1830 g/mol. The molecule has 0 bridgehead atoms. The lowest BCUT2D eigenvalue weighted by Crippen LogP contribution is -1.92. The van der Waals surface area contributed by atoms with Crippen molar-refractivity contribution in [1.29, 1.82) is 0 Å². The van der Waals surface area contributed by atoms with Gasteiger partial charge in [0.15, 0.2) is 0 Å². The molecule has 0 aliphatic heterocycles. The second kappa shape index (κ2) is 62.1. The van der Waals surface area contributed by atoms with Crippen molar-refractivity contribution in [3.63, 3.8) is 0 Å². The molecule has 0 radical (unpaired) electrons. The van der Waals surface area contributed by atoms with Crippen molar-refractivity contribution >= 4 is 0 Å². The Morgan fingerprint density at radius 1 is 0.114 bits per heavy atom. The van der Waals surface area contributed by atoms with E-state index in [0.29, 0.717) is 0 Å². The van der Waals surface area contributed by atoms with Crippen molar-refractivity contribution in [2.24, 2.45) is 0 Å². The van der Waals surface area contributed by atoms with Crippen LogP contribution in [0.3, 0.4) is 0 Å². The van der Waals surface area contributed by atoms with E-state index in [1.165, 1.54) is 220 Å². The summed E-state index contributed by atoms with van der Waals surface area (Å²) in [6.07, 6.45) is 34.7. The van der Waals surface area contributed by atoms with Crippen molar-refractivity contribution < 1.29 is 0 Å². The maximum atomic E-state index is 3.30. The number of rotatable bonds is 35. The van der Waals surface area contributed by atoms with Crippen LogP contribution in [-0.4, -0.2) is 0 Å². The quantitative estimate of drug-likeness (QED) is 0.0274. The van der Waals surface area contributed by atoms with Gasteiger partial charge < -0.3 is 0 Å². The van der Waals surface area contributed by atoms with Gasteiger partial charge in [-0.3, -0.25) is 0 Å². The van der Waals surface area contributed by atoms with E-state index in [4.69, 9.17) is 0 Å². The summed E-state index contributed by atoms with van der Waals surface area (Å²) in [6.45, 7) is 22.1. The van der Waals surface area contributed by atoms with Crippen LogP contribution in [0.25, 0.3) is 0 Å². The van der Waals surface area contributed by atoms with Gasteiger partial charge in [-0.15, -0.1) is 0 Å². The molecule has 140 heavy (non-hydrogen) atoms. The largest absolute Gasteiger partial charge is 0.0654 e. The van der Waals surface area contributed by atoms with Gasteiger partial charge in [-0.25, -0.2) is 0 Å². The predicted molar refractivity (Wildman–Crippen MR) is 603 cm³/mol. The second-order valence-electron chi connectivity index (χ2n) is 37.4. The van der Waals surface area contributed by atoms with E-state index in [2.05, 4.69) is 492 Å². The van der Waals surface area contributed by atoms with Crippen molar-refractivity contribution in [2.75, 3.05) is 0 Å². The van der Waals surface area contributed by atoms with Crippen LogP contribution in [0.1, 0.15) is 300 Å². The molecule has 0 fully saturated rings. The van der Waals surface area contributed by atoms with Crippen molar-refractivity contribution in [3.05, 3.63) is 531 Å². The number of benzene rings is 15. The summed E-state index contributed by atoms with van der Waals surface area (Å²) in [5, 5.41) is 0. The highest BCUT2D eigenvalue weighted by Crippen LogP contribution is 2.22. The standard InChI is InChI=1S/C30H34.C29H32.C28H30.C27H28.C26H26/c1-3-5-6-8-26-11-15-28(16-12-26)18-20-30-23-21-29(22-24-30)19-17-27-13-9-25(7-4-2)10-14-27;1-3-5-7-25-10-14-27(15-11-25)17-19-29-22-20-28(21-23-29)18-16-26-12-8-24(6-4-2)9-13-26;1-3-5-23-7-11-25(12-8-23)15-17-27-19-21-28(22-20-27)18-16-26-13-9-24(6-4-2)10-14-26;1-3-5-23-10-12-25(13-11-23)16-17-27-20-18-26(19-21-27)15-14-24-8-6-22(4-2)7-9-24;1-3-4-22-9-11-24(12-10-22)15-16-26-19-17-25(18-20-26)14-13-23-7-5-21(2)6-8-23/h9-16,21-24H,3-8,17,19H2,1-2H3;8-15,20-23H,3-7,16,18H2,1-2H3;7-14,19-22H,3-6,15,17H2,1-2H3;6-13,18-21H,3-5,16-17H2,1-2H3;5-12,17-20H,3-4,15-16H2,1-2H3. The number of hydrogen-bond donors (Lipinski definition) is 0. The minimum Gasteiger partial charge on any atom is -0.0654 e. The highest BCUT2D eigenvalue weighted by molar-refractivity contribution is 5.51. The Morgan fingerprint density at radius 3 is 0.379 bits per heavy atom. The molecule has 15 aromatic carbocycles. The van der Waals surface area contributed by atoms with Crippen LogP contribution in [0.4, 0.5) is 0 Å². The number of aryl methyl sites for hydroxylation is 20. The molecule has 0 N–H and O–H groups in total. The fraction of sp³-hybridized carbons (Fsp3) is 0.286. The summed E-state index contributed by atoms with van der Waals surface area (Å²) in [6, 6.07) is 132. The Labute approximate surface area is 845 Å². The van der Waals surface area contributed by atoms with Crippen LogP contribution >= 0.6 is 0 Å². The summed E-state index contributed by atoms with van der Waals surface area (Å²) in [5.41, 5.74) is 38.7. The second-order valence-corrected chi connectivity index (χ2v) is 37.4. The zero-order chi connectivity index (χ0) is 98.0. The minimum absolute atomic E-state index is 1.06. The van der Waals surface area contributed by atoms with Gasteiger partial charge in [0, 0.05) is 55.6 Å². The first-order valence-electron chi connectivity index (χ1n) is 52.7. The van der Waals surface area contributed by atoms with Crippen molar-refractivity contribution in [3.8, 4) is 59.2 Å². The molecule has 0 saturated heterocycles. The number of hydrogen-bond acceptors (Lipinski definition) is 0. The maximum absolute atomic E-state index is 3.30. The molecule has 0 spiro atoms. The predicted octanol–water partition coefficient (Wildman–Crippen LogP) is 34.0. The van der Waals surface area contributed by atoms with Crippen molar-refractivity contribution in [2.45, 2.75) is 262 Å². The van der Waals surface area contributed by atoms with Gasteiger partial charge in [-0.2, -0.15) is 0 Å². The molecule has 0 aliphatic rings. The van der Waals surface area contributed by atoms with Gasteiger partial charge in [0.2, 0.25) is 0 Å². The third kappa shape index (κ3) is 40.6. The molecular weight excluding hydrogens is 1680 g/mol. The molecule has 710 valence electrons. The molecule has 0 heterocycles. The average molecular weight is 1830 g/mol. The highest BCUT2D eigenvalue weighted by atomic mass is 14.1. The Kier molecular flexibility index (Phi) is 47.3. The lowest BCUT2D eigenvalue weighted by molar-refractivity contribution is 0.717. The molecule has 0 nitrogen and oxygen atoms in total. The topological polar surface area (TPSA) is 0 Å². The average Bonchev–Trinajstić information content (AvgIpc) is 0.888. The summed E-state index contributed by atoms with van der Waals surface area (Å²) in [7, 11) is 0. The summed E-state index contributed by atoms with van der Waals surface area (Å²) in [4.78, 5) is 0. The Balaban J connectivity index is 0.000000168. The van der Waals surface area contributed by atoms with Gasteiger partial charge in [0.1, 0.15) is 0 Å². The normalized spacial score (nSPS) is 10.4. The van der Waals surface area contributed by atoms with Crippen molar-refractivity contribution in [1.82, 2.24) is 0 Å². The summed E-state index contributed by atoms with van der Waals surface area (Å²) in [5.74, 6) is 32.7. The summed E-state index contributed by atoms with van der Waals surface area (Å²) >= 11 is 0. The smallest absolute Gasteiger partial charge is 0.0249 e. The van der Waals surface area contributed by atoms with Gasteiger partial charge in [-0.1, -0.05) is 428 Å². The molecule has 0 unspecified atom stereocenters. The lowest BCUT2D eigenvalue weighted by Gasteiger charge is -2.04. The molecule has 15 rings (SSSR count). The Hall–Kier alpha value is -13.9. The van der Waals surface area contributed by atoms with E-state index in [-0.39, 0.29) is 0 Å². The molecule has 15 aromatic rings. The maximum Gasteiger partial charge on any atom is 0.0249 e. The van der Waals surface area contributed by atoms with Gasteiger partial charge >= 0.3 is 0 Å². The van der Waals surface area contributed by atoms with Crippen LogP contribution in [0, 0.1) is 66.1 Å². The van der Waals surface area contributed by atoms with Crippen LogP contribution in [0.5, 0.6) is 0 Å². The Bertz CT molecular complexity index is 6370. The zero-order valence-electron chi connectivity index (χ0n) is 85.9. The van der Waals surface area contributed by atoms with Gasteiger partial charge in [-0.05, 0) is 369 Å². The molecular formula is C140H150. The van der Waals surface area contributed by atoms with Crippen LogP contribution in [0.2, 0.25) is 0 Å². The fourth-order valence-electron chi connectivity index (χ4n) is 16.7. The molecule has 0 aromatic heterocycles. The van der Waals surface area contributed by atoms with E-state index in [0.717, 1.165) is 139 Å². The SMILES string of the molecule is CCCCCc1ccc(C#Cc2ccc(CCc3ccc(CCC)cc3)cc2)cc1.CCCCc1ccc(C#Cc2ccc(CCc3ccc(CCC)cc3)cc2)cc1.CCCc1ccc(C#Cc2ccc(CCc3ccc(CCC)cc3)cc2)cc1.CCCc1ccc(CCc2ccc(C#Cc3ccc(C)cc3)cc2)cc1.CCCc1ccc(CCc2ccc(C#Cc3ccc(CC)cc3)cc2)cc1. The van der Waals surface area contributed by atoms with Gasteiger partial charge in [0.05, 0.1) is 0 Å². The molecule has 0 heteroatoms. The first-order chi connectivity index (χ1) is 68.8. The Morgan fingerprint density at radius 2 is 0.236 bits per heavy atom. The van der Waals surface area contributed by atoms with E-state index in [1.807, 2.05) is 0 Å². The molecule has 0 aliphatic carbocycles. The van der Waals surface area contributed by atoms with Crippen LogP contribution in [0.15, 0.2) is 364 Å². The third-order valence-corrected chi connectivity index (χ3v) is 25.5. The zero-order valence-corrected chi connectivity index (χ0v) is 85.9. The fourth-order valence-corrected chi connectivity index (χ4v) is 16.7. The third-order valence-electron chi connectivity index (χ3n) is 25.5. The van der Waals surface area contributed by atoms with Crippen LogP contribution < -0.4 is 0 Å². The molecule has 0 saturated carbocycles. The van der Waals surface area contributed by atoms with Crippen LogP contribution in [-0.2, 0) is 122 Å². The lowest BCUT2D eigenvalue weighted by atomic mass is 10.0. The number of unbranched alkanes of at least 4 members (excludes halogenated alkanes) is 3. The highest BCUT2D eigenvalue weighted by Gasteiger charge is 2.08. The van der Waals surface area contributed by atoms with E-state index < -0.39 is 0 Å². The van der Waals surface area contributed by atoms with E-state index in [1.54, 1.807) is 0 Å². The first-order valence-corrected chi connectivity index (χ1v) is 52.7. The van der Waals surface area contributed by atoms with Gasteiger partial charge in [0.25, 0.3) is 0 Å². The minimum atomic E-state index is 1.06. The summed E-state index contributed by atoms with van der Waals surface area (Å²) < 4.78 is 0. The van der Waals surface area contributed by atoms with E-state index >= 15 is 0 Å². The molecule has 0 atom stereocenters. The van der Waals surface area contributed by atoms with E-state index in [9.17, 15) is 0 Å². The first kappa shape index (κ1) is 107. The molecule has 0 amide bonds.